The number of rotatable bonds is 8. The van der Waals surface area contributed by atoms with Crippen molar-refractivity contribution in [2.24, 2.45) is 0 Å². The van der Waals surface area contributed by atoms with E-state index in [1.165, 1.54) is 0 Å². The van der Waals surface area contributed by atoms with Gasteiger partial charge in [0.2, 0.25) is 0 Å². The van der Waals surface area contributed by atoms with Crippen molar-refractivity contribution >= 4 is 23.0 Å². The molecule has 0 aliphatic carbocycles. The first-order chi connectivity index (χ1) is 13.6. The molecule has 0 radical (unpaired) electrons. The summed E-state index contributed by atoms with van der Waals surface area (Å²) in [6.45, 7) is 1.82. The highest BCUT2D eigenvalue weighted by molar-refractivity contribution is 6.06. The van der Waals surface area contributed by atoms with Crippen LogP contribution >= 0.6 is 0 Å². The van der Waals surface area contributed by atoms with E-state index < -0.39 is 0 Å². The molecule has 0 bridgehead atoms. The van der Waals surface area contributed by atoms with E-state index in [4.69, 9.17) is 0 Å². The van der Waals surface area contributed by atoms with Crippen LogP contribution in [-0.4, -0.2) is 43.0 Å². The van der Waals surface area contributed by atoms with Gasteiger partial charge < -0.3 is 15.1 Å². The summed E-state index contributed by atoms with van der Waals surface area (Å²) in [6, 6.07) is 21.4. The number of carbonyl (C=O) groups is 1. The topological polar surface area (TPSA) is 48.5 Å². The maximum absolute atomic E-state index is 12.7. The van der Waals surface area contributed by atoms with Crippen molar-refractivity contribution in [1.82, 2.24) is 9.88 Å². The Morgan fingerprint density at radius 2 is 1.61 bits per heavy atom. The number of nitrogens with zero attached hydrogens (tertiary/aromatic N) is 3. The molecule has 2 aromatic carbocycles. The van der Waals surface area contributed by atoms with Gasteiger partial charge in [-0.25, -0.2) is 0 Å². The van der Waals surface area contributed by atoms with Crippen LogP contribution in [0.3, 0.4) is 0 Å². The number of para-hydroxylation sites is 1. The lowest BCUT2D eigenvalue weighted by Crippen LogP contribution is -2.24. The Morgan fingerprint density at radius 3 is 2.29 bits per heavy atom. The third-order valence-corrected chi connectivity index (χ3v) is 4.43. The second-order valence-electron chi connectivity index (χ2n) is 6.86. The number of hydrogen-bond acceptors (Lipinski definition) is 4. The van der Waals surface area contributed by atoms with Crippen LogP contribution in [0.5, 0.6) is 0 Å². The van der Waals surface area contributed by atoms with E-state index >= 15 is 0 Å². The van der Waals surface area contributed by atoms with Crippen molar-refractivity contribution < 1.29 is 4.79 Å². The number of hydrogen-bond donors (Lipinski definition) is 1. The smallest absolute Gasteiger partial charge is 0.255 e. The Labute approximate surface area is 166 Å². The number of aromatic nitrogens is 1. The van der Waals surface area contributed by atoms with Crippen molar-refractivity contribution in [1.29, 1.82) is 0 Å². The van der Waals surface area contributed by atoms with Crippen LogP contribution in [0.15, 0.2) is 79.1 Å². The van der Waals surface area contributed by atoms with Crippen LogP contribution in [0.2, 0.25) is 0 Å². The molecule has 28 heavy (non-hydrogen) atoms. The molecule has 0 saturated carbocycles. The minimum absolute atomic E-state index is 0.142. The van der Waals surface area contributed by atoms with Gasteiger partial charge in [0.15, 0.2) is 0 Å². The summed E-state index contributed by atoms with van der Waals surface area (Å²) in [5, 5.41) is 3.02. The highest BCUT2D eigenvalue weighted by atomic mass is 16.1. The Kier molecular flexibility index (Phi) is 6.76. The summed E-state index contributed by atoms with van der Waals surface area (Å²) in [5.74, 6) is -0.142. The Balaban J connectivity index is 1.88. The number of pyridine rings is 1. The van der Waals surface area contributed by atoms with Gasteiger partial charge in [-0.3, -0.25) is 9.78 Å². The first kappa shape index (κ1) is 19.6. The maximum Gasteiger partial charge on any atom is 0.255 e. The largest absolute Gasteiger partial charge is 0.340 e. The van der Waals surface area contributed by atoms with Crippen molar-refractivity contribution in [3.63, 3.8) is 0 Å². The molecule has 0 spiro atoms. The number of anilines is 3. The standard InChI is InChI=1S/C23H26N4O/c1-26(2)16-9-17-27(20-12-7-4-8-13-20)22-14-15-24-18-21(22)25-23(28)19-10-5-3-6-11-19/h3-8,10-15,18H,9,16-17H2,1-2H3,(H,25,28). The van der Waals surface area contributed by atoms with Crippen LogP contribution in [0, 0.1) is 0 Å². The number of carbonyl (C=O) groups excluding carboxylic acids is 1. The average Bonchev–Trinajstić information content (AvgIpc) is 2.73. The van der Waals surface area contributed by atoms with Crippen LogP contribution in [0.4, 0.5) is 17.1 Å². The molecular weight excluding hydrogens is 348 g/mol. The summed E-state index contributed by atoms with van der Waals surface area (Å²) in [6.07, 6.45) is 4.46. The molecule has 5 nitrogen and oxygen atoms in total. The van der Waals surface area contributed by atoms with E-state index in [2.05, 4.69) is 46.3 Å². The highest BCUT2D eigenvalue weighted by Crippen LogP contribution is 2.31. The molecule has 1 heterocycles. The van der Waals surface area contributed by atoms with Gasteiger partial charge in [-0.05, 0) is 57.4 Å². The molecule has 0 atom stereocenters. The van der Waals surface area contributed by atoms with E-state index in [0.29, 0.717) is 11.3 Å². The fourth-order valence-corrected chi connectivity index (χ4v) is 3.04. The Hall–Kier alpha value is -3.18. The molecule has 0 fully saturated rings. The summed E-state index contributed by atoms with van der Waals surface area (Å²) in [5.41, 5.74) is 3.34. The quantitative estimate of drug-likeness (QED) is 0.634. The van der Waals surface area contributed by atoms with Crippen molar-refractivity contribution in [3.8, 4) is 0 Å². The van der Waals surface area contributed by atoms with Crippen LogP contribution in [-0.2, 0) is 0 Å². The molecule has 0 saturated heterocycles. The van der Waals surface area contributed by atoms with E-state index in [9.17, 15) is 4.79 Å². The zero-order chi connectivity index (χ0) is 19.8. The molecule has 1 amide bonds. The lowest BCUT2D eigenvalue weighted by molar-refractivity contribution is 0.102. The zero-order valence-corrected chi connectivity index (χ0v) is 16.4. The number of nitrogens with one attached hydrogen (secondary N) is 1. The SMILES string of the molecule is CN(C)CCCN(c1ccccc1)c1ccncc1NC(=O)c1ccccc1. The minimum Gasteiger partial charge on any atom is -0.340 e. The summed E-state index contributed by atoms with van der Waals surface area (Å²) < 4.78 is 0. The van der Waals surface area contributed by atoms with Gasteiger partial charge in [-0.1, -0.05) is 36.4 Å². The van der Waals surface area contributed by atoms with E-state index in [0.717, 1.165) is 30.9 Å². The summed E-state index contributed by atoms with van der Waals surface area (Å²) >= 11 is 0. The van der Waals surface area contributed by atoms with Crippen LogP contribution in [0.1, 0.15) is 16.8 Å². The Bertz CT molecular complexity index is 881. The molecular formula is C23H26N4O. The van der Waals surface area contributed by atoms with Crippen LogP contribution < -0.4 is 10.2 Å². The van der Waals surface area contributed by atoms with Crippen molar-refractivity contribution in [2.45, 2.75) is 6.42 Å². The molecule has 144 valence electrons. The van der Waals surface area contributed by atoms with E-state index in [-0.39, 0.29) is 5.91 Å². The third-order valence-electron chi connectivity index (χ3n) is 4.43. The molecule has 0 unspecified atom stereocenters. The second kappa shape index (κ2) is 9.67. The van der Waals surface area contributed by atoms with E-state index in [1.807, 2.05) is 42.5 Å². The van der Waals surface area contributed by atoms with Gasteiger partial charge in [0.05, 0.1) is 17.6 Å². The van der Waals surface area contributed by atoms with Gasteiger partial charge in [-0.2, -0.15) is 0 Å². The average molecular weight is 374 g/mol. The van der Waals surface area contributed by atoms with Gasteiger partial charge in [-0.15, -0.1) is 0 Å². The maximum atomic E-state index is 12.7. The molecule has 5 heteroatoms. The van der Waals surface area contributed by atoms with Gasteiger partial charge in [0, 0.05) is 24.0 Å². The van der Waals surface area contributed by atoms with Gasteiger partial charge >= 0.3 is 0 Å². The second-order valence-corrected chi connectivity index (χ2v) is 6.86. The number of amides is 1. The summed E-state index contributed by atoms with van der Waals surface area (Å²) in [4.78, 5) is 21.3. The highest BCUT2D eigenvalue weighted by Gasteiger charge is 2.16. The lowest BCUT2D eigenvalue weighted by Gasteiger charge is -2.27. The molecule has 3 rings (SSSR count). The van der Waals surface area contributed by atoms with Crippen molar-refractivity contribution in [2.75, 3.05) is 37.4 Å². The first-order valence-corrected chi connectivity index (χ1v) is 9.43. The zero-order valence-electron chi connectivity index (χ0n) is 16.4. The van der Waals surface area contributed by atoms with E-state index in [1.54, 1.807) is 24.5 Å². The monoisotopic (exact) mass is 374 g/mol. The molecule has 3 aromatic rings. The molecule has 0 aliphatic rings. The van der Waals surface area contributed by atoms with Gasteiger partial charge in [0.1, 0.15) is 0 Å². The normalized spacial score (nSPS) is 10.7. The summed E-state index contributed by atoms with van der Waals surface area (Å²) in [7, 11) is 4.15. The van der Waals surface area contributed by atoms with Crippen LogP contribution in [0.25, 0.3) is 0 Å². The lowest BCUT2D eigenvalue weighted by atomic mass is 10.2. The fourth-order valence-electron chi connectivity index (χ4n) is 3.04. The Morgan fingerprint density at radius 1 is 0.929 bits per heavy atom. The molecule has 1 aromatic heterocycles. The predicted octanol–water partition coefficient (Wildman–Crippen LogP) is 4.42. The minimum atomic E-state index is -0.142. The predicted molar refractivity (Wildman–Crippen MR) is 115 cm³/mol. The molecule has 0 aliphatic heterocycles. The third kappa shape index (κ3) is 5.18. The fraction of sp³-hybridized carbons (Fsp3) is 0.217. The first-order valence-electron chi connectivity index (χ1n) is 9.43. The number of benzene rings is 2. The van der Waals surface area contributed by atoms with Gasteiger partial charge in [0.25, 0.3) is 5.91 Å². The van der Waals surface area contributed by atoms with Crippen molar-refractivity contribution in [3.05, 3.63) is 84.7 Å². The molecule has 1 N–H and O–H groups in total.